The third-order valence-electron chi connectivity index (χ3n) is 4.31. The van der Waals surface area contributed by atoms with Crippen LogP contribution in [0.2, 0.25) is 5.02 Å². The van der Waals surface area contributed by atoms with Gasteiger partial charge in [-0.05, 0) is 48.5 Å². The predicted molar refractivity (Wildman–Crippen MR) is 114 cm³/mol. The van der Waals surface area contributed by atoms with Crippen molar-refractivity contribution in [3.8, 4) is 5.75 Å². The Morgan fingerprint density at radius 2 is 1.72 bits per heavy atom. The lowest BCUT2D eigenvalue weighted by Gasteiger charge is -2.08. The van der Waals surface area contributed by atoms with E-state index >= 15 is 0 Å². The molecule has 0 aliphatic rings. The van der Waals surface area contributed by atoms with Crippen LogP contribution in [0.25, 0.3) is 11.0 Å². The minimum absolute atomic E-state index is 0.194. The number of amides is 1. The molecule has 144 valence electrons. The fourth-order valence-corrected chi connectivity index (χ4v) is 3.00. The number of halogens is 1. The summed E-state index contributed by atoms with van der Waals surface area (Å²) in [4.78, 5) is 17.6. The van der Waals surface area contributed by atoms with E-state index in [0.29, 0.717) is 33.3 Å². The molecule has 0 unspecified atom stereocenters. The number of benzene rings is 3. The Labute approximate surface area is 172 Å². The maximum Gasteiger partial charge on any atom is 0.261 e. The van der Waals surface area contributed by atoms with Crippen LogP contribution in [-0.2, 0) is 0 Å². The summed E-state index contributed by atoms with van der Waals surface area (Å²) < 4.78 is 11.3. The van der Waals surface area contributed by atoms with Crippen molar-refractivity contribution in [2.24, 2.45) is 4.99 Å². The smallest absolute Gasteiger partial charge is 0.261 e. The highest BCUT2D eigenvalue weighted by Crippen LogP contribution is 2.26. The minimum atomic E-state index is -0.338. The van der Waals surface area contributed by atoms with Crippen molar-refractivity contribution < 1.29 is 13.9 Å². The number of methoxy groups -OCH3 is 1. The number of ether oxygens (including phenoxy) is 1. The Kier molecular flexibility index (Phi) is 5.31. The third kappa shape index (κ3) is 4.15. The van der Waals surface area contributed by atoms with E-state index in [1.54, 1.807) is 49.6 Å². The molecule has 1 heterocycles. The van der Waals surface area contributed by atoms with Gasteiger partial charge < -0.3 is 14.5 Å². The number of carbonyl (C=O) groups is 1. The van der Waals surface area contributed by atoms with Crippen molar-refractivity contribution in [3.05, 3.63) is 95.0 Å². The normalized spacial score (nSPS) is 11.4. The molecule has 5 nitrogen and oxygen atoms in total. The van der Waals surface area contributed by atoms with Crippen molar-refractivity contribution in [1.29, 1.82) is 0 Å². The molecule has 0 spiro atoms. The summed E-state index contributed by atoms with van der Waals surface area (Å²) in [5, 5.41) is 4.25. The Bertz CT molecular complexity index is 1250. The Balaban J connectivity index is 1.85. The molecular formula is C23H17ClN2O3. The third-order valence-corrected chi connectivity index (χ3v) is 4.56. The second kappa shape index (κ2) is 8.20. The number of nitrogens with one attached hydrogen (secondary N) is 1. The van der Waals surface area contributed by atoms with Gasteiger partial charge in [0.1, 0.15) is 22.6 Å². The lowest BCUT2D eigenvalue weighted by Crippen LogP contribution is -2.21. The average molecular weight is 405 g/mol. The van der Waals surface area contributed by atoms with Gasteiger partial charge in [0.25, 0.3) is 5.91 Å². The first-order valence-electron chi connectivity index (χ1n) is 8.91. The molecule has 1 N–H and O–H groups in total. The summed E-state index contributed by atoms with van der Waals surface area (Å²) >= 11 is 5.92. The quantitative estimate of drug-likeness (QED) is 0.483. The Morgan fingerprint density at radius 3 is 2.52 bits per heavy atom. The molecule has 0 atom stereocenters. The van der Waals surface area contributed by atoms with E-state index in [2.05, 4.69) is 10.3 Å². The summed E-state index contributed by atoms with van der Waals surface area (Å²) in [6, 6.07) is 23.4. The number of para-hydroxylation sites is 3. The van der Waals surface area contributed by atoms with E-state index in [4.69, 9.17) is 20.8 Å². The average Bonchev–Trinajstić information content (AvgIpc) is 2.75. The number of nitrogens with zero attached hydrogens (tertiary/aromatic N) is 1. The van der Waals surface area contributed by atoms with E-state index in [9.17, 15) is 4.79 Å². The zero-order valence-electron chi connectivity index (χ0n) is 15.6. The number of hydrogen-bond donors (Lipinski definition) is 1. The van der Waals surface area contributed by atoms with Gasteiger partial charge >= 0.3 is 0 Å². The van der Waals surface area contributed by atoms with Crippen LogP contribution >= 0.6 is 11.6 Å². The van der Waals surface area contributed by atoms with Crippen LogP contribution in [0.4, 0.5) is 11.4 Å². The highest BCUT2D eigenvalue weighted by molar-refractivity contribution is 6.30. The molecule has 1 aromatic heterocycles. The lowest BCUT2D eigenvalue weighted by atomic mass is 10.1. The standard InChI is InChI=1S/C23H17ClN2O3/c1-28-21-9-5-3-7-19(21)26-23-18(14-15-6-2-4-8-20(15)29-23)22(27)25-17-12-10-16(24)11-13-17/h2-14H,1H3,(H,25,27). The first-order valence-corrected chi connectivity index (χ1v) is 9.29. The molecule has 4 rings (SSSR count). The van der Waals surface area contributed by atoms with Crippen LogP contribution in [-0.4, -0.2) is 13.0 Å². The first kappa shape index (κ1) is 18.8. The van der Waals surface area contributed by atoms with Crippen molar-refractivity contribution in [1.82, 2.24) is 0 Å². The topological polar surface area (TPSA) is 63.8 Å². The van der Waals surface area contributed by atoms with E-state index in [0.717, 1.165) is 5.39 Å². The maximum atomic E-state index is 13.0. The van der Waals surface area contributed by atoms with Crippen molar-refractivity contribution >= 4 is 39.9 Å². The minimum Gasteiger partial charge on any atom is -0.494 e. The number of carbonyl (C=O) groups excluding carboxylic acids is 1. The number of fused-ring (bicyclic) bond motifs is 1. The summed E-state index contributed by atoms with van der Waals surface area (Å²) in [5.74, 6) is 0.246. The molecule has 0 saturated carbocycles. The number of anilines is 1. The molecular weight excluding hydrogens is 388 g/mol. The van der Waals surface area contributed by atoms with Gasteiger partial charge in [0.15, 0.2) is 0 Å². The zero-order chi connectivity index (χ0) is 20.2. The molecule has 0 aliphatic carbocycles. The van der Waals surface area contributed by atoms with Gasteiger partial charge in [-0.2, -0.15) is 0 Å². The lowest BCUT2D eigenvalue weighted by molar-refractivity contribution is 0.102. The fraction of sp³-hybridized carbons (Fsp3) is 0.0435. The highest BCUT2D eigenvalue weighted by atomic mass is 35.5. The highest BCUT2D eigenvalue weighted by Gasteiger charge is 2.14. The number of rotatable bonds is 4. The monoisotopic (exact) mass is 404 g/mol. The van der Waals surface area contributed by atoms with E-state index in [1.165, 1.54) is 0 Å². The van der Waals surface area contributed by atoms with Gasteiger partial charge in [-0.1, -0.05) is 41.9 Å². The van der Waals surface area contributed by atoms with E-state index < -0.39 is 0 Å². The summed E-state index contributed by atoms with van der Waals surface area (Å²) in [5.41, 5.74) is 2.32. The second-order valence-electron chi connectivity index (χ2n) is 6.25. The molecule has 4 aromatic rings. The van der Waals surface area contributed by atoms with Crippen molar-refractivity contribution in [3.63, 3.8) is 0 Å². The largest absolute Gasteiger partial charge is 0.494 e. The fourth-order valence-electron chi connectivity index (χ4n) is 2.88. The Hall–Kier alpha value is -3.57. The van der Waals surface area contributed by atoms with Gasteiger partial charge in [-0.3, -0.25) is 4.79 Å². The first-order chi connectivity index (χ1) is 14.1. The van der Waals surface area contributed by atoms with Crippen LogP contribution in [0.3, 0.4) is 0 Å². The molecule has 0 radical (unpaired) electrons. The molecule has 0 fully saturated rings. The summed E-state index contributed by atoms with van der Waals surface area (Å²) in [6.07, 6.45) is 0. The van der Waals surface area contributed by atoms with Crippen LogP contribution in [0.15, 0.2) is 88.3 Å². The van der Waals surface area contributed by atoms with E-state index in [-0.39, 0.29) is 11.5 Å². The summed E-state index contributed by atoms with van der Waals surface area (Å²) in [7, 11) is 1.57. The van der Waals surface area contributed by atoms with E-state index in [1.807, 2.05) is 36.4 Å². The number of hydrogen-bond acceptors (Lipinski definition) is 4. The maximum absolute atomic E-state index is 13.0. The molecule has 1 amide bonds. The van der Waals surface area contributed by atoms with Crippen LogP contribution in [0.5, 0.6) is 5.75 Å². The van der Waals surface area contributed by atoms with Gasteiger partial charge in [0.05, 0.1) is 7.11 Å². The molecule has 0 saturated heterocycles. The van der Waals surface area contributed by atoms with Crippen molar-refractivity contribution in [2.75, 3.05) is 12.4 Å². The van der Waals surface area contributed by atoms with Gasteiger partial charge in [0, 0.05) is 16.1 Å². The SMILES string of the molecule is COc1ccccc1N=c1oc2ccccc2cc1C(=O)Nc1ccc(Cl)cc1. The van der Waals surface area contributed by atoms with Crippen LogP contribution in [0, 0.1) is 0 Å². The van der Waals surface area contributed by atoms with Crippen molar-refractivity contribution in [2.45, 2.75) is 0 Å². The molecule has 0 aliphatic heterocycles. The molecule has 0 bridgehead atoms. The summed E-state index contributed by atoms with van der Waals surface area (Å²) in [6.45, 7) is 0. The van der Waals surface area contributed by atoms with Crippen LogP contribution < -0.4 is 15.6 Å². The van der Waals surface area contributed by atoms with Gasteiger partial charge in [-0.25, -0.2) is 4.99 Å². The zero-order valence-corrected chi connectivity index (χ0v) is 16.3. The van der Waals surface area contributed by atoms with Gasteiger partial charge in [0.2, 0.25) is 5.55 Å². The Morgan fingerprint density at radius 1 is 1.00 bits per heavy atom. The van der Waals surface area contributed by atoms with Gasteiger partial charge in [-0.15, -0.1) is 0 Å². The van der Waals surface area contributed by atoms with Crippen LogP contribution in [0.1, 0.15) is 10.4 Å². The predicted octanol–water partition coefficient (Wildman–Crippen LogP) is 5.58. The molecule has 6 heteroatoms. The molecule has 3 aromatic carbocycles. The molecule has 29 heavy (non-hydrogen) atoms. The second-order valence-corrected chi connectivity index (χ2v) is 6.68.